The van der Waals surface area contributed by atoms with Crippen LogP contribution in [0.1, 0.15) is 27.7 Å². The minimum absolute atomic E-state index is 0.000556. The van der Waals surface area contributed by atoms with Gasteiger partial charge in [0.05, 0.1) is 13.2 Å². The quantitative estimate of drug-likeness (QED) is 0.483. The summed E-state index contributed by atoms with van der Waals surface area (Å²) < 4.78 is 11.2. The number of β-amino-alcohol motifs (C(OH)–C–C–N with tert-alkyl or cyclic N) is 1. The lowest BCUT2D eigenvalue weighted by atomic mass is 9.76. The first kappa shape index (κ1) is 18.0. The van der Waals surface area contributed by atoms with Gasteiger partial charge in [-0.2, -0.15) is 0 Å². The van der Waals surface area contributed by atoms with E-state index in [1.807, 2.05) is 27.7 Å². The monoisotopic (exact) mass is 283 g/mol. The third kappa shape index (κ3) is 4.30. The first-order valence-electron chi connectivity index (χ1n) is 6.13. The van der Waals surface area contributed by atoms with Gasteiger partial charge in [0.1, 0.15) is 6.29 Å². The summed E-state index contributed by atoms with van der Waals surface area (Å²) in [7, 11) is -4.24. The predicted molar refractivity (Wildman–Crippen MR) is 70.2 cm³/mol. The molecule has 7 heteroatoms. The SMILES string of the molecule is CC(C)C(CO)(C(C)C)N(CCO)CP(=O)(O)O. The highest BCUT2D eigenvalue weighted by atomic mass is 31.2. The summed E-state index contributed by atoms with van der Waals surface area (Å²) in [6.45, 7) is 7.33. The highest BCUT2D eigenvalue weighted by Gasteiger charge is 2.43. The van der Waals surface area contributed by atoms with E-state index in [0.29, 0.717) is 0 Å². The molecule has 6 nitrogen and oxygen atoms in total. The number of aliphatic hydroxyl groups is 2. The molecule has 0 bridgehead atoms. The number of rotatable bonds is 8. The molecule has 0 aromatic heterocycles. The van der Waals surface area contributed by atoms with E-state index < -0.39 is 19.4 Å². The van der Waals surface area contributed by atoms with Crippen LogP contribution in [0, 0.1) is 11.8 Å². The second-order valence-electron chi connectivity index (χ2n) is 5.25. The van der Waals surface area contributed by atoms with E-state index in [-0.39, 0.29) is 31.6 Å². The van der Waals surface area contributed by atoms with Crippen LogP contribution in [-0.4, -0.2) is 56.5 Å². The van der Waals surface area contributed by atoms with E-state index in [0.717, 1.165) is 0 Å². The van der Waals surface area contributed by atoms with Gasteiger partial charge in [-0.15, -0.1) is 0 Å². The van der Waals surface area contributed by atoms with Crippen LogP contribution < -0.4 is 0 Å². The van der Waals surface area contributed by atoms with Gasteiger partial charge in [-0.05, 0) is 11.8 Å². The van der Waals surface area contributed by atoms with E-state index in [2.05, 4.69) is 0 Å². The molecule has 0 saturated heterocycles. The van der Waals surface area contributed by atoms with Crippen molar-refractivity contribution < 1.29 is 24.6 Å². The number of hydrogen-bond donors (Lipinski definition) is 4. The van der Waals surface area contributed by atoms with Gasteiger partial charge in [0, 0.05) is 12.1 Å². The zero-order valence-electron chi connectivity index (χ0n) is 11.6. The molecule has 110 valence electrons. The van der Waals surface area contributed by atoms with Crippen molar-refractivity contribution in [3.05, 3.63) is 0 Å². The summed E-state index contributed by atoms with van der Waals surface area (Å²) in [5, 5.41) is 18.8. The Labute approximate surface area is 109 Å². The van der Waals surface area contributed by atoms with E-state index in [1.165, 1.54) is 4.90 Å². The Morgan fingerprint density at radius 1 is 1.11 bits per heavy atom. The van der Waals surface area contributed by atoms with Gasteiger partial charge in [-0.1, -0.05) is 27.7 Å². The fourth-order valence-electron chi connectivity index (χ4n) is 2.62. The third-order valence-electron chi connectivity index (χ3n) is 3.57. The first-order chi connectivity index (χ1) is 8.11. The van der Waals surface area contributed by atoms with Crippen molar-refractivity contribution in [2.75, 3.05) is 26.0 Å². The molecule has 0 fully saturated rings. The molecule has 4 N–H and O–H groups in total. The van der Waals surface area contributed by atoms with E-state index in [1.54, 1.807) is 0 Å². The molecular formula is C11H26NO5P. The lowest BCUT2D eigenvalue weighted by molar-refractivity contribution is -0.0386. The molecule has 0 unspecified atom stereocenters. The van der Waals surface area contributed by atoms with Gasteiger partial charge in [-0.3, -0.25) is 9.46 Å². The molecule has 0 rings (SSSR count). The van der Waals surface area contributed by atoms with Gasteiger partial charge in [0.15, 0.2) is 0 Å². The summed E-state index contributed by atoms with van der Waals surface area (Å²) >= 11 is 0. The lowest BCUT2D eigenvalue weighted by Gasteiger charge is -2.48. The molecule has 0 aromatic carbocycles. The number of hydrogen-bond acceptors (Lipinski definition) is 4. The minimum atomic E-state index is -4.24. The van der Waals surface area contributed by atoms with E-state index in [4.69, 9.17) is 14.9 Å². The number of aliphatic hydroxyl groups excluding tert-OH is 2. The zero-order valence-corrected chi connectivity index (χ0v) is 12.5. The van der Waals surface area contributed by atoms with E-state index >= 15 is 0 Å². The number of nitrogens with zero attached hydrogens (tertiary/aromatic N) is 1. The van der Waals surface area contributed by atoms with Crippen molar-refractivity contribution in [1.82, 2.24) is 4.90 Å². The predicted octanol–water partition coefficient (Wildman–Crippen LogP) is 0.459. The molecule has 0 spiro atoms. The molecule has 0 saturated carbocycles. The Bertz CT molecular complexity index is 281. The van der Waals surface area contributed by atoms with E-state index in [9.17, 15) is 9.67 Å². The Balaban J connectivity index is 5.41. The standard InChI is InChI=1S/C11H26NO5P/c1-9(2)11(7-14,10(3)4)12(5-6-13)8-18(15,16)17/h9-10,13-14H,5-8H2,1-4H3,(H2,15,16,17). The van der Waals surface area contributed by atoms with Crippen LogP contribution in [0.4, 0.5) is 0 Å². The van der Waals surface area contributed by atoms with Crippen molar-refractivity contribution >= 4 is 7.60 Å². The third-order valence-corrected chi connectivity index (χ3v) is 4.28. The molecule has 0 heterocycles. The molecular weight excluding hydrogens is 257 g/mol. The van der Waals surface area contributed by atoms with Crippen LogP contribution in [0.25, 0.3) is 0 Å². The highest BCUT2D eigenvalue weighted by molar-refractivity contribution is 7.51. The second-order valence-corrected chi connectivity index (χ2v) is 6.86. The van der Waals surface area contributed by atoms with Gasteiger partial charge in [0.25, 0.3) is 0 Å². The fraction of sp³-hybridized carbons (Fsp3) is 1.00. The average molecular weight is 283 g/mol. The molecule has 0 aliphatic heterocycles. The maximum Gasteiger partial charge on any atom is 0.339 e. The average Bonchev–Trinajstić information content (AvgIpc) is 2.15. The van der Waals surface area contributed by atoms with Gasteiger partial charge >= 0.3 is 7.60 Å². The fourth-order valence-corrected chi connectivity index (χ4v) is 3.47. The van der Waals surface area contributed by atoms with Crippen molar-refractivity contribution in [2.24, 2.45) is 11.8 Å². The topological polar surface area (TPSA) is 101 Å². The van der Waals surface area contributed by atoms with Gasteiger partial charge in [0.2, 0.25) is 0 Å². The largest absolute Gasteiger partial charge is 0.395 e. The van der Waals surface area contributed by atoms with Gasteiger partial charge in [-0.25, -0.2) is 0 Å². The first-order valence-corrected chi connectivity index (χ1v) is 7.93. The van der Waals surface area contributed by atoms with Crippen molar-refractivity contribution in [3.63, 3.8) is 0 Å². The second kappa shape index (κ2) is 6.98. The summed E-state index contributed by atoms with van der Waals surface area (Å²) in [4.78, 5) is 19.8. The maximum atomic E-state index is 11.2. The summed E-state index contributed by atoms with van der Waals surface area (Å²) in [6.07, 6.45) is -0.454. The van der Waals surface area contributed by atoms with Crippen LogP contribution in [0.2, 0.25) is 0 Å². The van der Waals surface area contributed by atoms with Crippen LogP contribution in [0.5, 0.6) is 0 Å². The summed E-state index contributed by atoms with van der Waals surface area (Å²) in [5.41, 5.74) is -0.746. The maximum absolute atomic E-state index is 11.2. The molecule has 0 aliphatic rings. The van der Waals surface area contributed by atoms with Gasteiger partial charge < -0.3 is 20.0 Å². The van der Waals surface area contributed by atoms with Crippen LogP contribution in [0.3, 0.4) is 0 Å². The van der Waals surface area contributed by atoms with Crippen LogP contribution in [-0.2, 0) is 4.57 Å². The molecule has 0 radical (unpaired) electrons. The van der Waals surface area contributed by atoms with Crippen LogP contribution >= 0.6 is 7.60 Å². The Kier molecular flexibility index (Phi) is 7.00. The zero-order chi connectivity index (χ0) is 14.6. The van der Waals surface area contributed by atoms with Crippen LogP contribution in [0.15, 0.2) is 0 Å². The smallest absolute Gasteiger partial charge is 0.339 e. The minimum Gasteiger partial charge on any atom is -0.395 e. The normalized spacial score (nSPS) is 13.9. The molecule has 18 heavy (non-hydrogen) atoms. The summed E-state index contributed by atoms with van der Waals surface area (Å²) in [6, 6.07) is 0. The molecule has 0 aliphatic carbocycles. The highest BCUT2D eigenvalue weighted by Crippen LogP contribution is 2.41. The summed E-state index contributed by atoms with van der Waals surface area (Å²) in [5.74, 6) is 0.00111. The lowest BCUT2D eigenvalue weighted by Crippen LogP contribution is -2.59. The van der Waals surface area contributed by atoms with Crippen molar-refractivity contribution in [3.8, 4) is 0 Å². The van der Waals surface area contributed by atoms with Crippen molar-refractivity contribution in [1.29, 1.82) is 0 Å². The Morgan fingerprint density at radius 2 is 1.56 bits per heavy atom. The molecule has 0 atom stereocenters. The molecule has 0 amide bonds. The molecule has 0 aromatic rings. The Morgan fingerprint density at radius 3 is 1.78 bits per heavy atom. The Hall–Kier alpha value is 0.0300. The van der Waals surface area contributed by atoms with Crippen molar-refractivity contribution in [2.45, 2.75) is 33.2 Å².